The lowest BCUT2D eigenvalue weighted by molar-refractivity contribution is 0.133. The van der Waals surface area contributed by atoms with Gasteiger partial charge in [0.15, 0.2) is 0 Å². The second kappa shape index (κ2) is 6.70. The van der Waals surface area contributed by atoms with Crippen molar-refractivity contribution in [1.29, 1.82) is 0 Å². The molecule has 1 heterocycles. The van der Waals surface area contributed by atoms with Crippen LogP contribution in [0.2, 0.25) is 5.28 Å². The quantitative estimate of drug-likeness (QED) is 0.703. The zero-order chi connectivity index (χ0) is 12.8. The smallest absolute Gasteiger partial charge is 0.228 e. The third-order valence-electron chi connectivity index (χ3n) is 2.52. The Labute approximate surface area is 112 Å². The van der Waals surface area contributed by atoms with Crippen molar-refractivity contribution >= 4 is 23.5 Å². The van der Waals surface area contributed by atoms with Crippen molar-refractivity contribution < 1.29 is 4.74 Å². The van der Waals surface area contributed by atoms with Gasteiger partial charge in [-0.1, -0.05) is 0 Å². The monoisotopic (exact) mass is 271 g/mol. The van der Waals surface area contributed by atoms with E-state index in [4.69, 9.17) is 16.3 Å². The Balaban J connectivity index is 1.72. The number of aromatic nitrogens is 3. The first-order valence-corrected chi connectivity index (χ1v) is 6.62. The molecule has 0 saturated heterocycles. The highest BCUT2D eigenvalue weighted by Gasteiger charge is 2.20. The van der Waals surface area contributed by atoms with Gasteiger partial charge in [-0.25, -0.2) is 0 Å². The molecule has 0 radical (unpaired) electrons. The molecule has 0 aromatic carbocycles. The molecular weight excluding hydrogens is 254 g/mol. The molecule has 0 spiro atoms. The maximum atomic E-state index is 5.80. The summed E-state index contributed by atoms with van der Waals surface area (Å²) in [5.74, 6) is 1.75. The van der Waals surface area contributed by atoms with Gasteiger partial charge < -0.3 is 15.4 Å². The normalized spacial score (nSPS) is 14.6. The molecule has 2 N–H and O–H groups in total. The van der Waals surface area contributed by atoms with E-state index in [1.165, 1.54) is 12.8 Å². The summed E-state index contributed by atoms with van der Waals surface area (Å²) in [4.78, 5) is 12.1. The third-order valence-corrected chi connectivity index (χ3v) is 2.69. The molecule has 2 rings (SSSR count). The van der Waals surface area contributed by atoms with Gasteiger partial charge in [0, 0.05) is 19.7 Å². The van der Waals surface area contributed by atoms with Gasteiger partial charge in [0.2, 0.25) is 17.2 Å². The molecule has 1 aromatic rings. The largest absolute Gasteiger partial charge is 0.379 e. The molecule has 0 atom stereocenters. The first-order valence-electron chi connectivity index (χ1n) is 6.25. The lowest BCUT2D eigenvalue weighted by atomic mass is 10.5. The van der Waals surface area contributed by atoms with Crippen LogP contribution in [-0.2, 0) is 4.74 Å². The number of nitrogens with one attached hydrogen (secondary N) is 2. The SMILES string of the molecule is CCNc1nc(Cl)nc(NCCOCC2CC2)n1. The highest BCUT2D eigenvalue weighted by Crippen LogP contribution is 2.28. The van der Waals surface area contributed by atoms with Crippen LogP contribution in [0.5, 0.6) is 0 Å². The van der Waals surface area contributed by atoms with Crippen LogP contribution in [0.15, 0.2) is 0 Å². The summed E-state index contributed by atoms with van der Waals surface area (Å²) < 4.78 is 5.50. The third kappa shape index (κ3) is 4.62. The first kappa shape index (κ1) is 13.3. The molecule has 1 aromatic heterocycles. The average Bonchev–Trinajstić information content (AvgIpc) is 3.12. The Bertz CT molecular complexity index is 386. The summed E-state index contributed by atoms with van der Waals surface area (Å²) in [7, 11) is 0. The van der Waals surface area contributed by atoms with Crippen LogP contribution >= 0.6 is 11.6 Å². The summed E-state index contributed by atoms with van der Waals surface area (Å²) in [6, 6.07) is 0. The fourth-order valence-corrected chi connectivity index (χ4v) is 1.60. The summed E-state index contributed by atoms with van der Waals surface area (Å²) in [5, 5.41) is 6.25. The highest BCUT2D eigenvalue weighted by molar-refractivity contribution is 6.28. The minimum absolute atomic E-state index is 0.183. The van der Waals surface area contributed by atoms with E-state index in [-0.39, 0.29) is 5.28 Å². The maximum absolute atomic E-state index is 5.80. The number of halogens is 1. The van der Waals surface area contributed by atoms with E-state index in [1.807, 2.05) is 6.92 Å². The Hall–Kier alpha value is -1.14. The molecule has 1 fully saturated rings. The number of anilines is 2. The van der Waals surface area contributed by atoms with Crippen LogP contribution in [0.1, 0.15) is 19.8 Å². The van der Waals surface area contributed by atoms with Crippen molar-refractivity contribution in [2.24, 2.45) is 5.92 Å². The molecule has 1 aliphatic rings. The van der Waals surface area contributed by atoms with Crippen molar-refractivity contribution in [2.75, 3.05) is 36.9 Å². The van der Waals surface area contributed by atoms with E-state index >= 15 is 0 Å². The molecular formula is C11H18ClN5O. The predicted molar refractivity (Wildman–Crippen MR) is 71.0 cm³/mol. The van der Waals surface area contributed by atoms with Gasteiger partial charge in [-0.15, -0.1) is 0 Å². The van der Waals surface area contributed by atoms with E-state index in [9.17, 15) is 0 Å². The second-order valence-corrected chi connectivity index (χ2v) is 4.57. The van der Waals surface area contributed by atoms with E-state index in [0.29, 0.717) is 25.0 Å². The summed E-state index contributed by atoms with van der Waals surface area (Å²) >= 11 is 5.80. The fraction of sp³-hybridized carbons (Fsp3) is 0.727. The van der Waals surface area contributed by atoms with Crippen LogP contribution in [-0.4, -0.2) is 41.3 Å². The zero-order valence-corrected chi connectivity index (χ0v) is 11.2. The highest BCUT2D eigenvalue weighted by atomic mass is 35.5. The van der Waals surface area contributed by atoms with E-state index in [2.05, 4.69) is 25.6 Å². The van der Waals surface area contributed by atoms with Crippen molar-refractivity contribution in [2.45, 2.75) is 19.8 Å². The molecule has 0 unspecified atom stereocenters. The molecule has 0 bridgehead atoms. The predicted octanol–water partition coefficient (Wildman–Crippen LogP) is 1.80. The molecule has 0 aliphatic heterocycles. The number of rotatable bonds is 8. The van der Waals surface area contributed by atoms with Crippen LogP contribution in [0.25, 0.3) is 0 Å². The van der Waals surface area contributed by atoms with Crippen LogP contribution in [0.4, 0.5) is 11.9 Å². The van der Waals surface area contributed by atoms with Gasteiger partial charge in [-0.05, 0) is 37.3 Å². The molecule has 18 heavy (non-hydrogen) atoms. The van der Waals surface area contributed by atoms with Gasteiger partial charge >= 0.3 is 0 Å². The molecule has 1 aliphatic carbocycles. The Kier molecular flexibility index (Phi) is 4.95. The molecule has 1 saturated carbocycles. The number of hydrogen-bond donors (Lipinski definition) is 2. The van der Waals surface area contributed by atoms with Crippen LogP contribution in [0, 0.1) is 5.92 Å². The minimum atomic E-state index is 0.183. The average molecular weight is 272 g/mol. The molecule has 100 valence electrons. The Morgan fingerprint density at radius 3 is 2.61 bits per heavy atom. The van der Waals surface area contributed by atoms with Crippen molar-refractivity contribution in [3.8, 4) is 0 Å². The van der Waals surface area contributed by atoms with Crippen molar-refractivity contribution in [1.82, 2.24) is 15.0 Å². The minimum Gasteiger partial charge on any atom is -0.379 e. The standard InChI is InChI=1S/C11H18ClN5O/c1-2-13-10-15-9(12)16-11(17-10)14-5-6-18-7-8-3-4-8/h8H,2-7H2,1H3,(H2,13,14,15,16,17). The molecule has 0 amide bonds. The zero-order valence-electron chi connectivity index (χ0n) is 10.4. The summed E-state index contributed by atoms with van der Waals surface area (Å²) in [6.45, 7) is 4.89. The first-order chi connectivity index (χ1) is 8.78. The number of nitrogens with zero attached hydrogens (tertiary/aromatic N) is 3. The Morgan fingerprint density at radius 1 is 1.22 bits per heavy atom. The van der Waals surface area contributed by atoms with Gasteiger partial charge in [-0.3, -0.25) is 0 Å². The lowest BCUT2D eigenvalue weighted by Gasteiger charge is -2.07. The summed E-state index contributed by atoms with van der Waals surface area (Å²) in [5.41, 5.74) is 0. The van der Waals surface area contributed by atoms with Gasteiger partial charge in [0.1, 0.15) is 0 Å². The van der Waals surface area contributed by atoms with E-state index in [1.54, 1.807) is 0 Å². The molecule has 6 nitrogen and oxygen atoms in total. The van der Waals surface area contributed by atoms with Gasteiger partial charge in [0.05, 0.1) is 6.61 Å². The number of ether oxygens (including phenoxy) is 1. The van der Waals surface area contributed by atoms with Crippen molar-refractivity contribution in [3.63, 3.8) is 0 Å². The van der Waals surface area contributed by atoms with Crippen molar-refractivity contribution in [3.05, 3.63) is 5.28 Å². The second-order valence-electron chi connectivity index (χ2n) is 4.23. The van der Waals surface area contributed by atoms with Crippen LogP contribution in [0.3, 0.4) is 0 Å². The van der Waals surface area contributed by atoms with Gasteiger partial charge in [-0.2, -0.15) is 15.0 Å². The topological polar surface area (TPSA) is 72.0 Å². The Morgan fingerprint density at radius 2 is 1.94 bits per heavy atom. The number of hydrogen-bond acceptors (Lipinski definition) is 6. The van der Waals surface area contributed by atoms with E-state index in [0.717, 1.165) is 19.1 Å². The molecule has 7 heteroatoms. The maximum Gasteiger partial charge on any atom is 0.228 e. The lowest BCUT2D eigenvalue weighted by Crippen LogP contribution is -2.14. The fourth-order valence-electron chi connectivity index (χ4n) is 1.44. The van der Waals surface area contributed by atoms with Crippen LogP contribution < -0.4 is 10.6 Å². The van der Waals surface area contributed by atoms with Gasteiger partial charge in [0.25, 0.3) is 0 Å². The van der Waals surface area contributed by atoms with E-state index < -0.39 is 0 Å². The summed E-state index contributed by atoms with van der Waals surface area (Å²) in [6.07, 6.45) is 2.62.